The molecule has 4 nitrogen and oxygen atoms in total. The monoisotopic (exact) mass is 367 g/mol. The van der Waals surface area contributed by atoms with Crippen molar-refractivity contribution in [1.29, 1.82) is 0 Å². The Morgan fingerprint density at radius 1 is 0.926 bits per heavy atom. The Morgan fingerprint density at radius 3 is 2.22 bits per heavy atom. The number of unbranched alkanes of at least 4 members (excludes halogenated alkanes) is 4. The van der Waals surface area contributed by atoms with Crippen LogP contribution in [0.5, 0.6) is 11.5 Å². The Balaban J connectivity index is 1.78. The van der Waals surface area contributed by atoms with Crippen LogP contribution in [0.1, 0.15) is 49.4 Å². The van der Waals surface area contributed by atoms with E-state index in [1.165, 1.54) is 25.7 Å². The van der Waals surface area contributed by atoms with Gasteiger partial charge in [0.15, 0.2) is 0 Å². The first-order valence-corrected chi connectivity index (χ1v) is 9.61. The van der Waals surface area contributed by atoms with Gasteiger partial charge in [0.1, 0.15) is 18.1 Å². The van der Waals surface area contributed by atoms with Gasteiger partial charge in [-0.1, -0.05) is 45.3 Å². The summed E-state index contributed by atoms with van der Waals surface area (Å²) in [5.41, 5.74) is 1.32. The number of nitrogens with one attached hydrogen (secondary N) is 1. The van der Waals surface area contributed by atoms with Gasteiger partial charge in [-0.3, -0.25) is 4.79 Å². The number of benzene rings is 2. The summed E-state index contributed by atoms with van der Waals surface area (Å²) >= 11 is 0. The average Bonchev–Trinajstić information content (AvgIpc) is 2.70. The first kappa shape index (κ1) is 20.6. The molecule has 0 radical (unpaired) electrons. The molecule has 0 spiro atoms. The van der Waals surface area contributed by atoms with Gasteiger partial charge in [0.25, 0.3) is 5.91 Å². The fraction of sp³-hybridized carbons (Fsp3) is 0.348. The van der Waals surface area contributed by atoms with Gasteiger partial charge in [-0.15, -0.1) is 0 Å². The average molecular weight is 367 g/mol. The van der Waals surface area contributed by atoms with Crippen LogP contribution in [-0.2, 0) is 0 Å². The van der Waals surface area contributed by atoms with Gasteiger partial charge >= 0.3 is 0 Å². The van der Waals surface area contributed by atoms with Crippen molar-refractivity contribution >= 4 is 11.6 Å². The first-order valence-electron chi connectivity index (χ1n) is 9.61. The van der Waals surface area contributed by atoms with Crippen LogP contribution in [0.25, 0.3) is 0 Å². The minimum Gasteiger partial charge on any atom is -0.494 e. The van der Waals surface area contributed by atoms with Crippen molar-refractivity contribution in [2.45, 2.75) is 39.0 Å². The van der Waals surface area contributed by atoms with Gasteiger partial charge in [0.2, 0.25) is 0 Å². The van der Waals surface area contributed by atoms with Crippen molar-refractivity contribution in [2.75, 3.05) is 18.5 Å². The van der Waals surface area contributed by atoms with Crippen molar-refractivity contribution in [3.63, 3.8) is 0 Å². The number of rotatable bonds is 12. The zero-order valence-corrected chi connectivity index (χ0v) is 16.1. The smallest absolute Gasteiger partial charge is 0.255 e. The molecule has 0 unspecified atom stereocenters. The molecule has 0 saturated heterocycles. The molecule has 0 fully saturated rings. The highest BCUT2D eigenvalue weighted by atomic mass is 16.5. The van der Waals surface area contributed by atoms with Crippen molar-refractivity contribution < 1.29 is 14.3 Å². The molecule has 0 saturated carbocycles. The fourth-order valence-electron chi connectivity index (χ4n) is 2.59. The van der Waals surface area contributed by atoms with Crippen molar-refractivity contribution in [3.05, 3.63) is 66.7 Å². The summed E-state index contributed by atoms with van der Waals surface area (Å²) in [4.78, 5) is 12.3. The van der Waals surface area contributed by atoms with Crippen molar-refractivity contribution in [3.8, 4) is 11.5 Å². The van der Waals surface area contributed by atoms with E-state index in [0.29, 0.717) is 12.2 Å². The standard InChI is InChI=1S/C23H29NO3/c1-3-5-6-7-8-18-27-21-13-9-19(10-14-21)23(25)24-20-11-15-22(16-12-20)26-17-4-2/h4,9-16H,2-3,5-8,17-18H2,1H3,(H,24,25). The number of amides is 1. The van der Waals surface area contributed by atoms with E-state index in [1.54, 1.807) is 18.2 Å². The zero-order chi connectivity index (χ0) is 19.3. The lowest BCUT2D eigenvalue weighted by Crippen LogP contribution is -2.11. The quantitative estimate of drug-likeness (QED) is 0.378. The summed E-state index contributed by atoms with van der Waals surface area (Å²) in [6.07, 6.45) is 7.75. The lowest BCUT2D eigenvalue weighted by atomic mass is 10.1. The van der Waals surface area contributed by atoms with Gasteiger partial charge in [-0.2, -0.15) is 0 Å². The van der Waals surface area contributed by atoms with Crippen LogP contribution in [0.4, 0.5) is 5.69 Å². The van der Waals surface area contributed by atoms with Crippen LogP contribution in [0.2, 0.25) is 0 Å². The predicted octanol–water partition coefficient (Wildman–Crippen LogP) is 5.85. The molecule has 2 aromatic rings. The third-order valence-electron chi connectivity index (χ3n) is 4.11. The van der Waals surface area contributed by atoms with Crippen LogP contribution in [0.15, 0.2) is 61.2 Å². The molecular formula is C23H29NO3. The number of anilines is 1. The normalized spacial score (nSPS) is 10.3. The molecule has 144 valence electrons. The molecule has 27 heavy (non-hydrogen) atoms. The number of carbonyl (C=O) groups is 1. The molecule has 2 aromatic carbocycles. The van der Waals surface area contributed by atoms with E-state index >= 15 is 0 Å². The Hall–Kier alpha value is -2.75. The van der Waals surface area contributed by atoms with Gasteiger partial charge in [-0.25, -0.2) is 0 Å². The molecule has 0 aliphatic heterocycles. The second kappa shape index (κ2) is 11.8. The van der Waals surface area contributed by atoms with Crippen LogP contribution < -0.4 is 14.8 Å². The number of hydrogen-bond donors (Lipinski definition) is 1. The Bertz CT molecular complexity index is 693. The van der Waals surface area contributed by atoms with Crippen molar-refractivity contribution in [2.24, 2.45) is 0 Å². The van der Waals surface area contributed by atoms with E-state index in [4.69, 9.17) is 9.47 Å². The number of carbonyl (C=O) groups excluding carboxylic acids is 1. The molecule has 0 heterocycles. The second-order valence-electron chi connectivity index (χ2n) is 6.37. The third kappa shape index (κ3) is 7.57. The van der Waals surface area contributed by atoms with Crippen LogP contribution in [0, 0.1) is 0 Å². The molecule has 0 aromatic heterocycles. The molecular weight excluding hydrogens is 338 g/mol. The third-order valence-corrected chi connectivity index (χ3v) is 4.11. The summed E-state index contributed by atoms with van der Waals surface area (Å²) < 4.78 is 11.2. The predicted molar refractivity (Wildman–Crippen MR) is 111 cm³/mol. The van der Waals surface area contributed by atoms with Crippen LogP contribution >= 0.6 is 0 Å². The zero-order valence-electron chi connectivity index (χ0n) is 16.1. The number of ether oxygens (including phenoxy) is 2. The minimum atomic E-state index is -0.152. The maximum atomic E-state index is 12.3. The summed E-state index contributed by atoms with van der Waals surface area (Å²) in [7, 11) is 0. The van der Waals surface area contributed by atoms with E-state index in [9.17, 15) is 4.79 Å². The largest absolute Gasteiger partial charge is 0.494 e. The van der Waals surface area contributed by atoms with E-state index in [0.717, 1.165) is 30.2 Å². The van der Waals surface area contributed by atoms with Gasteiger partial charge < -0.3 is 14.8 Å². The minimum absolute atomic E-state index is 0.152. The highest BCUT2D eigenvalue weighted by Gasteiger charge is 2.06. The summed E-state index contributed by atoms with van der Waals surface area (Å²) in [6, 6.07) is 14.5. The molecule has 0 aliphatic rings. The molecule has 4 heteroatoms. The number of hydrogen-bond acceptors (Lipinski definition) is 3. The Morgan fingerprint density at radius 2 is 1.56 bits per heavy atom. The molecule has 2 rings (SSSR count). The first-order chi connectivity index (χ1) is 13.2. The molecule has 0 atom stereocenters. The molecule has 1 amide bonds. The lowest BCUT2D eigenvalue weighted by molar-refractivity contribution is 0.102. The maximum Gasteiger partial charge on any atom is 0.255 e. The molecule has 0 aliphatic carbocycles. The van der Waals surface area contributed by atoms with Crippen LogP contribution in [0.3, 0.4) is 0 Å². The fourth-order valence-corrected chi connectivity index (χ4v) is 2.59. The van der Waals surface area contributed by atoms with Crippen LogP contribution in [-0.4, -0.2) is 19.1 Å². The summed E-state index contributed by atoms with van der Waals surface area (Å²) in [5, 5.41) is 2.88. The molecule has 0 bridgehead atoms. The van der Waals surface area contributed by atoms with E-state index in [1.807, 2.05) is 36.4 Å². The maximum absolute atomic E-state index is 12.3. The van der Waals surface area contributed by atoms with E-state index < -0.39 is 0 Å². The molecule has 1 N–H and O–H groups in total. The Kier molecular flexibility index (Phi) is 8.98. The second-order valence-corrected chi connectivity index (χ2v) is 6.37. The van der Waals surface area contributed by atoms with E-state index in [-0.39, 0.29) is 5.91 Å². The van der Waals surface area contributed by atoms with Gasteiger partial charge in [0.05, 0.1) is 6.61 Å². The summed E-state index contributed by atoms with van der Waals surface area (Å²) in [6.45, 7) is 7.00. The van der Waals surface area contributed by atoms with Gasteiger partial charge in [0, 0.05) is 11.3 Å². The SMILES string of the molecule is C=CCOc1ccc(NC(=O)c2ccc(OCCCCCCC)cc2)cc1. The Labute approximate surface area is 162 Å². The van der Waals surface area contributed by atoms with Crippen molar-refractivity contribution in [1.82, 2.24) is 0 Å². The lowest BCUT2D eigenvalue weighted by Gasteiger charge is -2.09. The highest BCUT2D eigenvalue weighted by molar-refractivity contribution is 6.04. The van der Waals surface area contributed by atoms with E-state index in [2.05, 4.69) is 18.8 Å². The highest BCUT2D eigenvalue weighted by Crippen LogP contribution is 2.18. The topological polar surface area (TPSA) is 47.6 Å². The van der Waals surface area contributed by atoms with Gasteiger partial charge in [-0.05, 0) is 55.0 Å². The summed E-state index contributed by atoms with van der Waals surface area (Å²) in [5.74, 6) is 1.38.